The second-order valence-corrected chi connectivity index (χ2v) is 6.10. The lowest BCUT2D eigenvalue weighted by Crippen LogP contribution is -2.07. The van der Waals surface area contributed by atoms with Crippen molar-refractivity contribution in [3.05, 3.63) is 46.5 Å². The van der Waals surface area contributed by atoms with Gasteiger partial charge in [0.2, 0.25) is 0 Å². The average Bonchev–Trinajstić information content (AvgIpc) is 2.94. The van der Waals surface area contributed by atoms with Crippen molar-refractivity contribution in [3.63, 3.8) is 0 Å². The molecule has 0 heteroatoms. The molecular formula is C18H24. The quantitative estimate of drug-likeness (QED) is 0.567. The summed E-state index contributed by atoms with van der Waals surface area (Å²) in [5, 5.41) is 0. The van der Waals surface area contributed by atoms with Gasteiger partial charge in [-0.3, -0.25) is 0 Å². The molecule has 0 radical (unpaired) electrons. The molecule has 0 saturated heterocycles. The van der Waals surface area contributed by atoms with E-state index in [0.29, 0.717) is 0 Å². The Bertz CT molecular complexity index is 418. The van der Waals surface area contributed by atoms with Crippen LogP contribution in [0, 0.1) is 6.92 Å². The summed E-state index contributed by atoms with van der Waals surface area (Å²) in [7, 11) is 0. The van der Waals surface area contributed by atoms with E-state index in [4.69, 9.17) is 0 Å². The van der Waals surface area contributed by atoms with E-state index in [1.165, 1.54) is 56.9 Å². The van der Waals surface area contributed by atoms with Crippen LogP contribution in [0.2, 0.25) is 0 Å². The van der Waals surface area contributed by atoms with Crippen LogP contribution in [0.25, 0.3) is 0 Å². The molecule has 0 aromatic heterocycles. The molecule has 0 heterocycles. The molecule has 0 atom stereocenters. The van der Waals surface area contributed by atoms with Gasteiger partial charge >= 0.3 is 0 Å². The first-order valence-corrected chi connectivity index (χ1v) is 7.59. The molecule has 0 nitrogen and oxygen atoms in total. The second kappa shape index (κ2) is 5.30. The number of rotatable bonds is 1. The molecule has 2 fully saturated rings. The zero-order valence-electron chi connectivity index (χ0n) is 11.5. The molecule has 2 aliphatic rings. The van der Waals surface area contributed by atoms with Crippen LogP contribution in [-0.2, 0) is 0 Å². The maximum absolute atomic E-state index is 2.34. The highest BCUT2D eigenvalue weighted by atomic mass is 14.3. The monoisotopic (exact) mass is 240 g/mol. The number of hydrogen-bond donors (Lipinski definition) is 0. The number of allylic oxidation sites excluding steroid dienone is 2. The van der Waals surface area contributed by atoms with Crippen LogP contribution in [0.15, 0.2) is 35.4 Å². The number of aryl methyl sites for hydroxylation is 1. The van der Waals surface area contributed by atoms with Crippen LogP contribution in [-0.4, -0.2) is 0 Å². The normalized spacial score (nSPS) is 24.6. The maximum atomic E-state index is 2.34. The third-order valence-corrected chi connectivity index (χ3v) is 4.85. The van der Waals surface area contributed by atoms with Gasteiger partial charge in [-0.05, 0) is 69.8 Å². The first kappa shape index (κ1) is 12.0. The molecule has 0 aliphatic heterocycles. The van der Waals surface area contributed by atoms with Gasteiger partial charge in [0.25, 0.3) is 0 Å². The lowest BCUT2D eigenvalue weighted by atomic mass is 9.80. The second-order valence-electron chi connectivity index (χ2n) is 6.10. The van der Waals surface area contributed by atoms with Crippen molar-refractivity contribution in [1.29, 1.82) is 0 Å². The fourth-order valence-corrected chi connectivity index (χ4v) is 3.65. The number of hydrogen-bond acceptors (Lipinski definition) is 0. The zero-order chi connectivity index (χ0) is 12.4. The Morgan fingerprint density at radius 1 is 0.778 bits per heavy atom. The van der Waals surface area contributed by atoms with Gasteiger partial charge in [-0.15, -0.1) is 0 Å². The molecule has 1 aromatic rings. The van der Waals surface area contributed by atoms with Gasteiger partial charge in [0.1, 0.15) is 0 Å². The summed E-state index contributed by atoms with van der Waals surface area (Å²) in [4.78, 5) is 0. The maximum Gasteiger partial charge on any atom is -0.0156 e. The minimum atomic E-state index is 0.816. The molecule has 0 bridgehead atoms. The minimum absolute atomic E-state index is 0.816. The van der Waals surface area contributed by atoms with Crippen molar-refractivity contribution in [1.82, 2.24) is 0 Å². The standard InChI is InChI=1S/C18H24/c1-14-6-8-16(9-7-14)18-12-10-17(11-13-18)15-4-2-3-5-15/h6-9,18H,2-5,10-13H2,1H3. The van der Waals surface area contributed by atoms with Crippen LogP contribution >= 0.6 is 0 Å². The predicted octanol–water partition coefficient (Wildman–Crippen LogP) is 5.52. The fraction of sp³-hybridized carbons (Fsp3) is 0.556. The summed E-state index contributed by atoms with van der Waals surface area (Å²) >= 11 is 0. The van der Waals surface area contributed by atoms with E-state index in [1.807, 2.05) is 11.1 Å². The van der Waals surface area contributed by atoms with Crippen LogP contribution in [0.4, 0.5) is 0 Å². The molecule has 0 N–H and O–H groups in total. The minimum Gasteiger partial charge on any atom is -0.0710 e. The molecule has 18 heavy (non-hydrogen) atoms. The Balaban J connectivity index is 1.66. The molecular weight excluding hydrogens is 216 g/mol. The molecule has 96 valence electrons. The molecule has 2 saturated carbocycles. The van der Waals surface area contributed by atoms with E-state index < -0.39 is 0 Å². The SMILES string of the molecule is Cc1ccc(C2CCC(=C3CCCC3)CC2)cc1. The van der Waals surface area contributed by atoms with Crippen LogP contribution in [0.1, 0.15) is 68.4 Å². The Hall–Kier alpha value is -1.04. The van der Waals surface area contributed by atoms with Crippen molar-refractivity contribution >= 4 is 0 Å². The summed E-state index contributed by atoms with van der Waals surface area (Å²) < 4.78 is 0. The van der Waals surface area contributed by atoms with Crippen molar-refractivity contribution in [3.8, 4) is 0 Å². The highest BCUT2D eigenvalue weighted by Crippen LogP contribution is 2.39. The third kappa shape index (κ3) is 2.53. The van der Waals surface area contributed by atoms with Gasteiger partial charge in [-0.25, -0.2) is 0 Å². The van der Waals surface area contributed by atoms with Crippen molar-refractivity contribution in [2.45, 2.75) is 64.2 Å². The lowest BCUT2D eigenvalue weighted by Gasteiger charge is -2.26. The summed E-state index contributed by atoms with van der Waals surface area (Å²) in [6.45, 7) is 2.17. The first-order valence-electron chi connectivity index (χ1n) is 7.59. The van der Waals surface area contributed by atoms with E-state index >= 15 is 0 Å². The van der Waals surface area contributed by atoms with E-state index in [0.717, 1.165) is 5.92 Å². The molecule has 3 rings (SSSR count). The van der Waals surface area contributed by atoms with Gasteiger partial charge < -0.3 is 0 Å². The van der Waals surface area contributed by atoms with Crippen molar-refractivity contribution in [2.75, 3.05) is 0 Å². The Morgan fingerprint density at radius 2 is 1.33 bits per heavy atom. The highest BCUT2D eigenvalue weighted by Gasteiger charge is 2.21. The summed E-state index contributed by atoms with van der Waals surface area (Å²) in [6.07, 6.45) is 11.2. The van der Waals surface area contributed by atoms with E-state index in [-0.39, 0.29) is 0 Å². The number of benzene rings is 1. The first-order chi connectivity index (χ1) is 8.83. The van der Waals surface area contributed by atoms with Crippen molar-refractivity contribution in [2.24, 2.45) is 0 Å². The third-order valence-electron chi connectivity index (χ3n) is 4.85. The zero-order valence-corrected chi connectivity index (χ0v) is 11.5. The molecule has 1 aromatic carbocycles. The van der Waals surface area contributed by atoms with E-state index in [9.17, 15) is 0 Å². The Labute approximate surface area is 111 Å². The van der Waals surface area contributed by atoms with Gasteiger partial charge in [-0.2, -0.15) is 0 Å². The summed E-state index contributed by atoms with van der Waals surface area (Å²) in [5.74, 6) is 0.816. The summed E-state index contributed by atoms with van der Waals surface area (Å²) in [6, 6.07) is 9.21. The topological polar surface area (TPSA) is 0 Å². The van der Waals surface area contributed by atoms with E-state index in [1.54, 1.807) is 5.56 Å². The lowest BCUT2D eigenvalue weighted by molar-refractivity contribution is 0.511. The molecule has 0 spiro atoms. The average molecular weight is 240 g/mol. The Morgan fingerprint density at radius 3 is 1.94 bits per heavy atom. The highest BCUT2D eigenvalue weighted by molar-refractivity contribution is 5.27. The van der Waals surface area contributed by atoms with E-state index in [2.05, 4.69) is 31.2 Å². The Kier molecular flexibility index (Phi) is 3.54. The van der Waals surface area contributed by atoms with Crippen LogP contribution < -0.4 is 0 Å². The largest absolute Gasteiger partial charge is 0.0710 e. The van der Waals surface area contributed by atoms with Crippen molar-refractivity contribution < 1.29 is 0 Å². The van der Waals surface area contributed by atoms with Crippen LogP contribution in [0.5, 0.6) is 0 Å². The van der Waals surface area contributed by atoms with Gasteiger partial charge in [0, 0.05) is 0 Å². The summed E-state index contributed by atoms with van der Waals surface area (Å²) in [5.41, 5.74) is 6.60. The fourth-order valence-electron chi connectivity index (χ4n) is 3.65. The van der Waals surface area contributed by atoms with Gasteiger partial charge in [0.05, 0.1) is 0 Å². The molecule has 2 aliphatic carbocycles. The van der Waals surface area contributed by atoms with Gasteiger partial charge in [0.15, 0.2) is 0 Å². The van der Waals surface area contributed by atoms with Crippen LogP contribution in [0.3, 0.4) is 0 Å². The molecule has 0 amide bonds. The predicted molar refractivity (Wildman–Crippen MR) is 77.9 cm³/mol. The molecule has 0 unspecified atom stereocenters. The van der Waals surface area contributed by atoms with Gasteiger partial charge in [-0.1, -0.05) is 41.0 Å². The smallest absolute Gasteiger partial charge is 0.0156 e.